The number of hydrogen-bond donors (Lipinski definition) is 2. The molecule has 1 aliphatic heterocycles. The van der Waals surface area contributed by atoms with Crippen LogP contribution in [0.3, 0.4) is 0 Å². The summed E-state index contributed by atoms with van der Waals surface area (Å²) in [5, 5.41) is 17.7. The van der Waals surface area contributed by atoms with Gasteiger partial charge in [-0.15, -0.1) is 0 Å². The van der Waals surface area contributed by atoms with Crippen molar-refractivity contribution in [3.05, 3.63) is 0 Å². The molecule has 0 aliphatic carbocycles. The van der Waals surface area contributed by atoms with Crippen molar-refractivity contribution >= 4 is 5.95 Å². The molecule has 6 nitrogen and oxygen atoms in total. The highest BCUT2D eigenvalue weighted by molar-refractivity contribution is 5.20. The van der Waals surface area contributed by atoms with Crippen LogP contribution in [0.15, 0.2) is 0 Å². The molecule has 1 aromatic rings. The maximum atomic E-state index is 3.85. The fourth-order valence-electron chi connectivity index (χ4n) is 1.50. The fraction of sp³-hybridized carbons (Fsp3) is 0.857. The normalized spacial score (nSPS) is 22.1. The number of nitrogens with one attached hydrogen (secondary N) is 2. The lowest BCUT2D eigenvalue weighted by Crippen LogP contribution is -2.18. The van der Waals surface area contributed by atoms with Gasteiger partial charge >= 0.3 is 0 Å². The first-order valence-electron chi connectivity index (χ1n) is 4.53. The first-order chi connectivity index (χ1) is 6.36. The smallest absolute Gasteiger partial charge is 0.242 e. The molecule has 1 aromatic heterocycles. The zero-order valence-corrected chi connectivity index (χ0v) is 7.69. The summed E-state index contributed by atoms with van der Waals surface area (Å²) >= 11 is 0. The molecule has 1 unspecified atom stereocenters. The van der Waals surface area contributed by atoms with E-state index in [-0.39, 0.29) is 0 Å². The number of aryl methyl sites for hydroxylation is 1. The molecule has 1 aliphatic rings. The van der Waals surface area contributed by atoms with E-state index in [0.717, 1.165) is 25.6 Å². The highest BCUT2D eigenvalue weighted by Crippen LogP contribution is 2.07. The number of rotatable bonds is 3. The summed E-state index contributed by atoms with van der Waals surface area (Å²) in [6.07, 6.45) is 1.23. The van der Waals surface area contributed by atoms with Crippen molar-refractivity contribution in [2.45, 2.75) is 6.42 Å². The van der Waals surface area contributed by atoms with Gasteiger partial charge in [0.25, 0.3) is 0 Å². The Kier molecular flexibility index (Phi) is 2.40. The van der Waals surface area contributed by atoms with E-state index in [4.69, 9.17) is 0 Å². The van der Waals surface area contributed by atoms with Crippen LogP contribution in [0.1, 0.15) is 6.42 Å². The van der Waals surface area contributed by atoms with E-state index in [2.05, 4.69) is 26.2 Å². The third-order valence-corrected chi connectivity index (χ3v) is 2.33. The minimum atomic E-state index is 0.705. The Morgan fingerprint density at radius 2 is 2.62 bits per heavy atom. The summed E-state index contributed by atoms with van der Waals surface area (Å²) in [4.78, 5) is 0. The van der Waals surface area contributed by atoms with Crippen LogP contribution < -0.4 is 10.6 Å². The lowest BCUT2D eigenvalue weighted by molar-refractivity contribution is 0.608. The second-order valence-corrected chi connectivity index (χ2v) is 3.37. The molecule has 6 heteroatoms. The SMILES string of the molecule is Cn1nnnc1NCC1CCNC1. The van der Waals surface area contributed by atoms with Crippen LogP contribution in [0.4, 0.5) is 5.95 Å². The van der Waals surface area contributed by atoms with Crippen molar-refractivity contribution < 1.29 is 0 Å². The van der Waals surface area contributed by atoms with E-state index in [1.165, 1.54) is 6.42 Å². The second kappa shape index (κ2) is 3.69. The minimum absolute atomic E-state index is 0.705. The molecule has 0 saturated carbocycles. The quantitative estimate of drug-likeness (QED) is 0.642. The van der Waals surface area contributed by atoms with Gasteiger partial charge in [-0.1, -0.05) is 5.10 Å². The molecule has 0 amide bonds. The third-order valence-electron chi connectivity index (χ3n) is 2.33. The molecule has 2 rings (SSSR count). The molecule has 72 valence electrons. The maximum absolute atomic E-state index is 3.85. The Balaban J connectivity index is 1.82. The van der Waals surface area contributed by atoms with Crippen molar-refractivity contribution in [1.29, 1.82) is 0 Å². The van der Waals surface area contributed by atoms with Gasteiger partial charge in [-0.2, -0.15) is 0 Å². The van der Waals surface area contributed by atoms with E-state index >= 15 is 0 Å². The number of nitrogens with zero attached hydrogens (tertiary/aromatic N) is 4. The Bertz CT molecular complexity index is 264. The highest BCUT2D eigenvalue weighted by atomic mass is 15.6. The molecular weight excluding hydrogens is 168 g/mol. The molecule has 0 spiro atoms. The van der Waals surface area contributed by atoms with Crippen molar-refractivity contribution in [3.63, 3.8) is 0 Å². The van der Waals surface area contributed by atoms with Gasteiger partial charge in [-0.05, 0) is 35.9 Å². The van der Waals surface area contributed by atoms with Crippen LogP contribution in [0.5, 0.6) is 0 Å². The van der Waals surface area contributed by atoms with E-state index in [1.807, 2.05) is 7.05 Å². The van der Waals surface area contributed by atoms with Gasteiger partial charge in [0.2, 0.25) is 5.95 Å². The topological polar surface area (TPSA) is 67.7 Å². The Labute approximate surface area is 76.7 Å². The summed E-state index contributed by atoms with van der Waals surface area (Å²) in [5.41, 5.74) is 0. The third kappa shape index (κ3) is 1.95. The average Bonchev–Trinajstić information content (AvgIpc) is 2.72. The molecule has 2 N–H and O–H groups in total. The van der Waals surface area contributed by atoms with Crippen LogP contribution >= 0.6 is 0 Å². The zero-order valence-electron chi connectivity index (χ0n) is 7.69. The molecule has 1 fully saturated rings. The van der Waals surface area contributed by atoms with E-state index < -0.39 is 0 Å². The van der Waals surface area contributed by atoms with Gasteiger partial charge in [-0.25, -0.2) is 4.68 Å². The van der Waals surface area contributed by atoms with Gasteiger partial charge in [0, 0.05) is 13.6 Å². The van der Waals surface area contributed by atoms with Gasteiger partial charge in [0.05, 0.1) is 0 Å². The van der Waals surface area contributed by atoms with Gasteiger partial charge in [0.15, 0.2) is 0 Å². The summed E-state index contributed by atoms with van der Waals surface area (Å²) in [6, 6.07) is 0. The van der Waals surface area contributed by atoms with Gasteiger partial charge in [0.1, 0.15) is 0 Å². The summed E-state index contributed by atoms with van der Waals surface area (Å²) in [7, 11) is 1.83. The molecule has 0 aromatic carbocycles. The number of aromatic nitrogens is 4. The number of tetrazole rings is 1. The summed E-state index contributed by atoms with van der Waals surface area (Å²) in [5.74, 6) is 1.45. The first-order valence-corrected chi connectivity index (χ1v) is 4.53. The van der Waals surface area contributed by atoms with Crippen LogP contribution in [0.2, 0.25) is 0 Å². The lowest BCUT2D eigenvalue weighted by Gasteiger charge is -2.08. The zero-order chi connectivity index (χ0) is 9.10. The number of hydrogen-bond acceptors (Lipinski definition) is 5. The molecule has 2 heterocycles. The minimum Gasteiger partial charge on any atom is -0.353 e. The Morgan fingerprint density at radius 3 is 3.23 bits per heavy atom. The second-order valence-electron chi connectivity index (χ2n) is 3.37. The van der Waals surface area contributed by atoms with E-state index in [9.17, 15) is 0 Å². The van der Waals surface area contributed by atoms with Crippen LogP contribution in [-0.2, 0) is 7.05 Å². The fourth-order valence-corrected chi connectivity index (χ4v) is 1.50. The molecule has 0 radical (unpaired) electrons. The first kappa shape index (κ1) is 8.43. The molecule has 13 heavy (non-hydrogen) atoms. The summed E-state index contributed by atoms with van der Waals surface area (Å²) in [6.45, 7) is 3.17. The average molecular weight is 182 g/mol. The van der Waals surface area contributed by atoms with Gasteiger partial charge in [-0.3, -0.25) is 0 Å². The van der Waals surface area contributed by atoms with Crippen LogP contribution in [0.25, 0.3) is 0 Å². The van der Waals surface area contributed by atoms with Crippen molar-refractivity contribution in [1.82, 2.24) is 25.5 Å². The standard InChI is InChI=1S/C7H14N6/c1-13-7(10-11-12-13)9-5-6-2-3-8-4-6/h6,8H,2-5H2,1H3,(H,9,10,12). The molecule has 1 atom stereocenters. The van der Waals surface area contributed by atoms with E-state index in [0.29, 0.717) is 5.92 Å². The molecule has 0 bridgehead atoms. The van der Waals surface area contributed by atoms with Crippen molar-refractivity contribution in [2.75, 3.05) is 25.0 Å². The lowest BCUT2D eigenvalue weighted by atomic mass is 10.1. The Morgan fingerprint density at radius 1 is 1.69 bits per heavy atom. The van der Waals surface area contributed by atoms with Crippen molar-refractivity contribution in [3.8, 4) is 0 Å². The number of anilines is 1. The van der Waals surface area contributed by atoms with Gasteiger partial charge < -0.3 is 10.6 Å². The highest BCUT2D eigenvalue weighted by Gasteiger charge is 2.14. The monoisotopic (exact) mass is 182 g/mol. The van der Waals surface area contributed by atoms with Crippen molar-refractivity contribution in [2.24, 2.45) is 13.0 Å². The molecular formula is C7H14N6. The summed E-state index contributed by atoms with van der Waals surface area (Å²) < 4.78 is 1.64. The van der Waals surface area contributed by atoms with Crippen LogP contribution in [-0.4, -0.2) is 39.8 Å². The predicted octanol–water partition coefficient (Wildman–Crippen LogP) is -0.768. The largest absolute Gasteiger partial charge is 0.353 e. The maximum Gasteiger partial charge on any atom is 0.242 e. The van der Waals surface area contributed by atoms with Crippen LogP contribution in [0, 0.1) is 5.92 Å². The Hall–Kier alpha value is -1.17. The predicted molar refractivity (Wildman–Crippen MR) is 48.3 cm³/mol. The van der Waals surface area contributed by atoms with E-state index in [1.54, 1.807) is 4.68 Å². The molecule has 1 saturated heterocycles.